The van der Waals surface area contributed by atoms with Gasteiger partial charge in [0, 0.05) is 10.6 Å². The highest BCUT2D eigenvalue weighted by atomic mass is 32.1. The first kappa shape index (κ1) is 20.9. The monoisotopic (exact) mass is 442 g/mol. The van der Waals surface area contributed by atoms with Crippen LogP contribution in [0.25, 0.3) is 5.57 Å². The van der Waals surface area contributed by atoms with Crippen molar-refractivity contribution in [2.45, 2.75) is 20.0 Å². The maximum absolute atomic E-state index is 13.2. The molecule has 0 radical (unpaired) electrons. The molecule has 158 valence electrons. The van der Waals surface area contributed by atoms with E-state index in [2.05, 4.69) is 5.32 Å². The average Bonchev–Trinajstić information content (AvgIpc) is 3.31. The fourth-order valence-electron chi connectivity index (χ4n) is 3.29. The molecule has 4 rings (SSSR count). The molecule has 31 heavy (non-hydrogen) atoms. The number of anilines is 2. The number of aryl methyl sites for hydroxylation is 2. The molecular formula is C23H17F3N2O2S. The summed E-state index contributed by atoms with van der Waals surface area (Å²) in [4.78, 5) is 27.9. The highest BCUT2D eigenvalue weighted by molar-refractivity contribution is 7.11. The second-order valence-corrected chi connectivity index (χ2v) is 8.09. The van der Waals surface area contributed by atoms with Gasteiger partial charge in [-0.2, -0.15) is 13.2 Å². The molecule has 0 saturated carbocycles. The molecule has 1 aliphatic heterocycles. The third-order valence-corrected chi connectivity index (χ3v) is 5.97. The van der Waals surface area contributed by atoms with Crippen molar-refractivity contribution in [3.05, 3.63) is 87.2 Å². The van der Waals surface area contributed by atoms with Crippen LogP contribution < -0.4 is 10.2 Å². The molecule has 8 heteroatoms. The second-order valence-electron chi connectivity index (χ2n) is 7.14. The third-order valence-electron chi connectivity index (χ3n) is 5.08. The highest BCUT2D eigenvalue weighted by Gasteiger charge is 2.41. The Bertz CT molecular complexity index is 1200. The van der Waals surface area contributed by atoms with Crippen LogP contribution in [0.1, 0.15) is 21.6 Å². The number of alkyl halides is 3. The van der Waals surface area contributed by atoms with Crippen LogP contribution in [0.3, 0.4) is 0 Å². The number of nitrogens with zero attached hydrogens (tertiary/aromatic N) is 1. The predicted octanol–water partition coefficient (Wildman–Crippen LogP) is 5.78. The zero-order valence-corrected chi connectivity index (χ0v) is 17.4. The Hall–Kier alpha value is -3.39. The summed E-state index contributed by atoms with van der Waals surface area (Å²) in [5, 5.41) is 4.84. The molecule has 3 aromatic rings. The maximum atomic E-state index is 13.2. The van der Waals surface area contributed by atoms with Crippen LogP contribution in [0, 0.1) is 13.8 Å². The predicted molar refractivity (Wildman–Crippen MR) is 115 cm³/mol. The quantitative estimate of drug-likeness (QED) is 0.521. The SMILES string of the molecule is Cc1ccc(NC2=C(c3cccs3)C(=O)N(c3ccc(C(F)(F)F)cc3)C2=O)cc1C. The van der Waals surface area contributed by atoms with Crippen molar-refractivity contribution in [3.63, 3.8) is 0 Å². The molecule has 2 aromatic carbocycles. The van der Waals surface area contributed by atoms with Gasteiger partial charge in [0.05, 0.1) is 16.8 Å². The Labute approximate surface area is 180 Å². The van der Waals surface area contributed by atoms with Crippen molar-refractivity contribution >= 4 is 40.1 Å². The molecule has 1 aromatic heterocycles. The van der Waals surface area contributed by atoms with Gasteiger partial charge in [0.15, 0.2) is 0 Å². The summed E-state index contributed by atoms with van der Waals surface area (Å²) in [5.74, 6) is -1.20. The average molecular weight is 442 g/mol. The van der Waals surface area contributed by atoms with E-state index < -0.39 is 23.6 Å². The minimum Gasteiger partial charge on any atom is -0.350 e. The summed E-state index contributed by atoms with van der Waals surface area (Å²) in [5.41, 5.74) is 2.25. The Balaban J connectivity index is 1.75. The fraction of sp³-hybridized carbons (Fsp3) is 0.130. The number of rotatable bonds is 4. The maximum Gasteiger partial charge on any atom is 0.416 e. The first-order valence-electron chi connectivity index (χ1n) is 9.35. The van der Waals surface area contributed by atoms with Gasteiger partial charge >= 0.3 is 6.18 Å². The van der Waals surface area contributed by atoms with Gasteiger partial charge in [-0.3, -0.25) is 9.59 Å². The number of benzene rings is 2. The molecule has 0 atom stereocenters. The molecule has 0 saturated heterocycles. The highest BCUT2D eigenvalue weighted by Crippen LogP contribution is 2.37. The standard InChI is InChI=1S/C23H17F3N2O2S/c1-13-5-8-16(12-14(13)2)27-20-19(18-4-3-11-31-18)21(29)28(22(20)30)17-9-6-15(7-10-17)23(24,25)26/h3-12,27H,1-2H3. The summed E-state index contributed by atoms with van der Waals surface area (Å²) in [6, 6.07) is 13.0. The summed E-state index contributed by atoms with van der Waals surface area (Å²) in [6.07, 6.45) is -4.51. The number of hydrogen-bond acceptors (Lipinski definition) is 4. The first-order valence-corrected chi connectivity index (χ1v) is 10.2. The molecule has 4 nitrogen and oxygen atoms in total. The largest absolute Gasteiger partial charge is 0.416 e. The summed E-state index contributed by atoms with van der Waals surface area (Å²) in [7, 11) is 0. The molecule has 0 fully saturated rings. The third kappa shape index (κ3) is 3.86. The molecule has 0 unspecified atom stereocenters. The lowest BCUT2D eigenvalue weighted by Gasteiger charge is -2.16. The van der Waals surface area contributed by atoms with E-state index in [9.17, 15) is 22.8 Å². The fourth-order valence-corrected chi connectivity index (χ4v) is 4.06. The smallest absolute Gasteiger partial charge is 0.350 e. The number of imide groups is 1. The molecule has 2 heterocycles. The summed E-state index contributed by atoms with van der Waals surface area (Å²) < 4.78 is 38.7. The Morgan fingerprint density at radius 1 is 0.903 bits per heavy atom. The number of nitrogens with one attached hydrogen (secondary N) is 1. The number of carbonyl (C=O) groups excluding carboxylic acids is 2. The van der Waals surface area contributed by atoms with Gasteiger partial charge in [-0.15, -0.1) is 11.3 Å². The van der Waals surface area contributed by atoms with Crippen LogP contribution >= 0.6 is 11.3 Å². The van der Waals surface area contributed by atoms with Crippen LogP contribution in [0.4, 0.5) is 24.5 Å². The molecule has 2 amide bonds. The second kappa shape index (κ2) is 7.70. The van der Waals surface area contributed by atoms with E-state index in [0.717, 1.165) is 40.3 Å². The van der Waals surface area contributed by atoms with Gasteiger partial charge in [0.1, 0.15) is 5.70 Å². The number of amides is 2. The van der Waals surface area contributed by atoms with Crippen LogP contribution in [-0.4, -0.2) is 11.8 Å². The van der Waals surface area contributed by atoms with Gasteiger partial charge < -0.3 is 5.32 Å². The van der Waals surface area contributed by atoms with Gasteiger partial charge in [0.2, 0.25) is 0 Å². The topological polar surface area (TPSA) is 49.4 Å². The Morgan fingerprint density at radius 2 is 1.61 bits per heavy atom. The normalized spacial score (nSPS) is 14.5. The van der Waals surface area contributed by atoms with Crippen LogP contribution in [0.15, 0.2) is 65.7 Å². The minimum atomic E-state index is -4.51. The number of hydrogen-bond donors (Lipinski definition) is 1. The molecule has 1 N–H and O–H groups in total. The van der Waals surface area contributed by atoms with Crippen LogP contribution in [0.5, 0.6) is 0 Å². The molecule has 1 aliphatic rings. The van der Waals surface area contributed by atoms with Crippen LogP contribution in [0.2, 0.25) is 0 Å². The number of carbonyl (C=O) groups is 2. The zero-order valence-electron chi connectivity index (χ0n) is 16.6. The lowest BCUT2D eigenvalue weighted by atomic mass is 10.1. The zero-order chi connectivity index (χ0) is 22.3. The number of thiophene rings is 1. The van der Waals surface area contributed by atoms with Crippen molar-refractivity contribution < 1.29 is 22.8 Å². The summed E-state index contributed by atoms with van der Waals surface area (Å²) in [6.45, 7) is 3.90. The van der Waals surface area contributed by atoms with Crippen molar-refractivity contribution in [2.75, 3.05) is 10.2 Å². The van der Waals surface area contributed by atoms with E-state index in [1.165, 1.54) is 11.3 Å². The van der Waals surface area contributed by atoms with E-state index in [1.54, 1.807) is 23.6 Å². The summed E-state index contributed by atoms with van der Waals surface area (Å²) >= 11 is 1.30. The van der Waals surface area contributed by atoms with E-state index >= 15 is 0 Å². The van der Waals surface area contributed by atoms with Gasteiger partial charge in [-0.1, -0.05) is 12.1 Å². The van der Waals surface area contributed by atoms with Gasteiger partial charge in [-0.25, -0.2) is 4.90 Å². The van der Waals surface area contributed by atoms with Crippen molar-refractivity contribution in [3.8, 4) is 0 Å². The van der Waals surface area contributed by atoms with Gasteiger partial charge in [0.25, 0.3) is 11.8 Å². The lowest BCUT2D eigenvalue weighted by molar-refractivity contribution is -0.137. The molecule has 0 spiro atoms. The minimum absolute atomic E-state index is 0.0777. The lowest BCUT2D eigenvalue weighted by Crippen LogP contribution is -2.32. The molecule has 0 bridgehead atoms. The van der Waals surface area contributed by atoms with E-state index in [4.69, 9.17) is 0 Å². The molecular weight excluding hydrogens is 425 g/mol. The Kier molecular flexibility index (Phi) is 5.18. The first-order chi connectivity index (χ1) is 14.7. The van der Waals surface area contributed by atoms with Gasteiger partial charge in [-0.05, 0) is 72.8 Å². The van der Waals surface area contributed by atoms with Crippen molar-refractivity contribution in [2.24, 2.45) is 0 Å². The van der Waals surface area contributed by atoms with E-state index in [0.29, 0.717) is 10.6 Å². The van der Waals surface area contributed by atoms with Crippen LogP contribution in [-0.2, 0) is 15.8 Å². The van der Waals surface area contributed by atoms with E-state index in [-0.39, 0.29) is 17.0 Å². The number of halogens is 3. The van der Waals surface area contributed by atoms with Crippen molar-refractivity contribution in [1.29, 1.82) is 0 Å². The van der Waals surface area contributed by atoms with Crippen molar-refractivity contribution in [1.82, 2.24) is 0 Å². The van der Waals surface area contributed by atoms with E-state index in [1.807, 2.05) is 26.0 Å². The molecule has 0 aliphatic carbocycles. The Morgan fingerprint density at radius 3 is 2.19 bits per heavy atom.